The number of anilines is 1. The van der Waals surface area contributed by atoms with Crippen molar-refractivity contribution < 1.29 is 14.3 Å². The minimum Gasteiger partial charge on any atom is -0.497 e. The number of nitrogen functional groups attached to an aromatic ring is 1. The lowest BCUT2D eigenvalue weighted by Gasteiger charge is -2.36. The Bertz CT molecular complexity index is 838. The number of ether oxygens (including phenoxy) is 1. The monoisotopic (exact) mass is 396 g/mol. The third-order valence-electron chi connectivity index (χ3n) is 5.13. The number of rotatable bonds is 6. The molecule has 3 rings (SSSR count). The summed E-state index contributed by atoms with van der Waals surface area (Å²) in [7, 11) is 1.63. The summed E-state index contributed by atoms with van der Waals surface area (Å²) in [5, 5.41) is 5.42. The summed E-state index contributed by atoms with van der Waals surface area (Å²) in [5.41, 5.74) is 8.33. The highest BCUT2D eigenvalue weighted by Crippen LogP contribution is 2.32. The molecule has 0 bridgehead atoms. The van der Waals surface area contributed by atoms with Crippen LogP contribution in [0.15, 0.2) is 48.5 Å². The first kappa shape index (κ1) is 20.5. The fourth-order valence-corrected chi connectivity index (χ4v) is 3.56. The Morgan fingerprint density at radius 2 is 1.93 bits per heavy atom. The van der Waals surface area contributed by atoms with Crippen LogP contribution in [-0.4, -0.2) is 37.0 Å². The van der Waals surface area contributed by atoms with Gasteiger partial charge in [-0.05, 0) is 54.7 Å². The maximum atomic E-state index is 12.8. The SMILES string of the molecule is COc1cccc(C2CCCCN2C(=O)CNC(=O)NCc2ccc(N)cc2)c1. The second kappa shape index (κ2) is 9.82. The highest BCUT2D eigenvalue weighted by Gasteiger charge is 2.28. The normalized spacial score (nSPS) is 16.2. The van der Waals surface area contributed by atoms with E-state index in [1.807, 2.05) is 41.3 Å². The lowest BCUT2D eigenvalue weighted by Crippen LogP contribution is -2.46. The Balaban J connectivity index is 1.53. The first-order valence-corrected chi connectivity index (χ1v) is 9.86. The van der Waals surface area contributed by atoms with Crippen molar-refractivity contribution in [1.29, 1.82) is 0 Å². The summed E-state index contributed by atoms with van der Waals surface area (Å²) in [6.45, 7) is 1.03. The van der Waals surface area contributed by atoms with Crippen molar-refractivity contribution in [1.82, 2.24) is 15.5 Å². The van der Waals surface area contributed by atoms with Crippen molar-refractivity contribution in [3.63, 3.8) is 0 Å². The van der Waals surface area contributed by atoms with Gasteiger partial charge in [0.15, 0.2) is 0 Å². The average Bonchev–Trinajstić information content (AvgIpc) is 2.77. The van der Waals surface area contributed by atoms with Crippen molar-refractivity contribution in [2.24, 2.45) is 0 Å². The number of hydrogen-bond acceptors (Lipinski definition) is 4. The molecular weight excluding hydrogens is 368 g/mol. The Morgan fingerprint density at radius 1 is 1.14 bits per heavy atom. The number of methoxy groups -OCH3 is 1. The number of nitrogens with zero attached hydrogens (tertiary/aromatic N) is 1. The molecule has 0 aromatic heterocycles. The van der Waals surface area contributed by atoms with E-state index in [-0.39, 0.29) is 24.5 Å². The molecule has 0 saturated carbocycles. The minimum absolute atomic E-state index is 0.00554. The summed E-state index contributed by atoms with van der Waals surface area (Å²) >= 11 is 0. The van der Waals surface area contributed by atoms with Crippen LogP contribution >= 0.6 is 0 Å². The van der Waals surface area contributed by atoms with Crippen LogP contribution in [0.25, 0.3) is 0 Å². The van der Waals surface area contributed by atoms with Crippen molar-refractivity contribution in [2.45, 2.75) is 31.8 Å². The van der Waals surface area contributed by atoms with E-state index in [9.17, 15) is 9.59 Å². The first-order chi connectivity index (χ1) is 14.1. The van der Waals surface area contributed by atoms with Crippen molar-refractivity contribution in [3.8, 4) is 5.75 Å². The number of benzene rings is 2. The van der Waals surface area contributed by atoms with Gasteiger partial charge >= 0.3 is 6.03 Å². The molecule has 1 unspecified atom stereocenters. The molecule has 0 aliphatic carbocycles. The largest absolute Gasteiger partial charge is 0.497 e. The van der Waals surface area contributed by atoms with E-state index >= 15 is 0 Å². The van der Waals surface area contributed by atoms with Crippen molar-refractivity contribution in [2.75, 3.05) is 25.9 Å². The second-order valence-corrected chi connectivity index (χ2v) is 7.15. The number of amides is 3. The van der Waals surface area contributed by atoms with Crippen LogP contribution < -0.4 is 21.1 Å². The van der Waals surface area contributed by atoms with Gasteiger partial charge in [-0.2, -0.15) is 0 Å². The van der Waals surface area contributed by atoms with Crippen LogP contribution in [0.4, 0.5) is 10.5 Å². The lowest BCUT2D eigenvalue weighted by molar-refractivity contribution is -0.133. The number of nitrogens with two attached hydrogens (primary N) is 1. The maximum absolute atomic E-state index is 12.8. The zero-order valence-corrected chi connectivity index (χ0v) is 16.7. The number of likely N-dealkylation sites (tertiary alicyclic amines) is 1. The van der Waals surface area contributed by atoms with Crippen LogP contribution in [0, 0.1) is 0 Å². The van der Waals surface area contributed by atoms with E-state index in [1.54, 1.807) is 19.2 Å². The van der Waals surface area contributed by atoms with Gasteiger partial charge in [-0.25, -0.2) is 4.79 Å². The molecule has 7 heteroatoms. The van der Waals surface area contributed by atoms with Gasteiger partial charge in [-0.1, -0.05) is 24.3 Å². The Morgan fingerprint density at radius 3 is 2.69 bits per heavy atom. The van der Waals surface area contributed by atoms with E-state index < -0.39 is 0 Å². The van der Waals surface area contributed by atoms with E-state index in [0.29, 0.717) is 18.8 Å². The van der Waals surface area contributed by atoms with Gasteiger partial charge in [-0.3, -0.25) is 4.79 Å². The van der Waals surface area contributed by atoms with Crippen LogP contribution in [0.5, 0.6) is 5.75 Å². The van der Waals surface area contributed by atoms with Crippen LogP contribution in [0.1, 0.15) is 36.4 Å². The molecule has 29 heavy (non-hydrogen) atoms. The minimum atomic E-state index is -0.370. The molecule has 1 heterocycles. The van der Waals surface area contributed by atoms with Crippen LogP contribution in [0.2, 0.25) is 0 Å². The molecule has 1 fully saturated rings. The highest BCUT2D eigenvalue weighted by molar-refractivity contribution is 5.84. The quantitative estimate of drug-likeness (QED) is 0.654. The molecule has 2 aromatic carbocycles. The smallest absolute Gasteiger partial charge is 0.315 e. The number of carbonyl (C=O) groups excluding carboxylic acids is 2. The topological polar surface area (TPSA) is 96.7 Å². The zero-order chi connectivity index (χ0) is 20.6. The standard InChI is InChI=1S/C22H28N4O3/c1-29-19-6-4-5-17(13-19)20-7-2-3-12-26(20)21(27)15-25-22(28)24-14-16-8-10-18(23)11-9-16/h4-6,8-11,13,20H,2-3,7,12,14-15,23H2,1H3,(H2,24,25,28). The molecule has 2 aromatic rings. The van der Waals surface area contributed by atoms with E-state index in [0.717, 1.165) is 36.1 Å². The van der Waals surface area contributed by atoms with Crippen LogP contribution in [-0.2, 0) is 11.3 Å². The third-order valence-corrected chi connectivity index (χ3v) is 5.13. The molecule has 154 valence electrons. The molecule has 0 radical (unpaired) electrons. The number of hydrogen-bond donors (Lipinski definition) is 3. The van der Waals surface area contributed by atoms with Gasteiger partial charge < -0.3 is 26.0 Å². The first-order valence-electron chi connectivity index (χ1n) is 9.86. The summed E-state index contributed by atoms with van der Waals surface area (Å²) in [4.78, 5) is 26.7. The van der Waals surface area contributed by atoms with Crippen molar-refractivity contribution >= 4 is 17.6 Å². The highest BCUT2D eigenvalue weighted by atomic mass is 16.5. The van der Waals surface area contributed by atoms with Gasteiger partial charge in [0, 0.05) is 18.8 Å². The maximum Gasteiger partial charge on any atom is 0.315 e. The van der Waals surface area contributed by atoms with E-state index in [1.165, 1.54) is 0 Å². The van der Waals surface area contributed by atoms with Gasteiger partial charge in [0.25, 0.3) is 0 Å². The molecular formula is C22H28N4O3. The second-order valence-electron chi connectivity index (χ2n) is 7.15. The Labute approximate surface area is 171 Å². The lowest BCUT2D eigenvalue weighted by atomic mass is 9.95. The Hall–Kier alpha value is -3.22. The third kappa shape index (κ3) is 5.63. The van der Waals surface area contributed by atoms with E-state index in [2.05, 4.69) is 10.6 Å². The number of carbonyl (C=O) groups is 2. The summed E-state index contributed by atoms with van der Waals surface area (Å²) in [6, 6.07) is 14.7. The number of piperidine rings is 1. The molecule has 1 atom stereocenters. The zero-order valence-electron chi connectivity index (χ0n) is 16.7. The molecule has 3 amide bonds. The molecule has 7 nitrogen and oxygen atoms in total. The average molecular weight is 396 g/mol. The number of nitrogens with one attached hydrogen (secondary N) is 2. The number of urea groups is 1. The van der Waals surface area contributed by atoms with E-state index in [4.69, 9.17) is 10.5 Å². The fourth-order valence-electron chi connectivity index (χ4n) is 3.56. The summed E-state index contributed by atoms with van der Waals surface area (Å²) in [6.07, 6.45) is 2.94. The van der Waals surface area contributed by atoms with Gasteiger partial charge in [0.2, 0.25) is 5.91 Å². The van der Waals surface area contributed by atoms with Gasteiger partial charge in [0.05, 0.1) is 19.7 Å². The van der Waals surface area contributed by atoms with Crippen LogP contribution in [0.3, 0.4) is 0 Å². The summed E-state index contributed by atoms with van der Waals surface area (Å²) < 4.78 is 5.31. The van der Waals surface area contributed by atoms with Gasteiger partial charge in [-0.15, -0.1) is 0 Å². The van der Waals surface area contributed by atoms with Gasteiger partial charge in [0.1, 0.15) is 5.75 Å². The van der Waals surface area contributed by atoms with Crippen molar-refractivity contribution in [3.05, 3.63) is 59.7 Å². The molecule has 1 aliphatic heterocycles. The molecule has 1 saturated heterocycles. The summed E-state index contributed by atoms with van der Waals surface area (Å²) in [5.74, 6) is 0.695. The fraction of sp³-hybridized carbons (Fsp3) is 0.364. The Kier molecular flexibility index (Phi) is 6.94. The molecule has 0 spiro atoms. The predicted molar refractivity (Wildman–Crippen MR) is 112 cm³/mol. The molecule has 4 N–H and O–H groups in total. The molecule has 1 aliphatic rings. The predicted octanol–water partition coefficient (Wildman–Crippen LogP) is 2.83.